The Hall–Kier alpha value is -0.290. The lowest BCUT2D eigenvalue weighted by molar-refractivity contribution is -0.138. The lowest BCUT2D eigenvalue weighted by atomic mass is 10.0. The highest BCUT2D eigenvalue weighted by Gasteiger charge is 2.28. The standard InChI is InChI=1S/C8H15F3O2/c1-7(12,6-13-2)4-3-5-8(9,10)11/h12H,3-6H2,1-2H3. The van der Waals surface area contributed by atoms with Crippen LogP contribution in [-0.4, -0.2) is 30.6 Å². The molecule has 80 valence electrons. The quantitative estimate of drug-likeness (QED) is 0.736. The van der Waals surface area contributed by atoms with Gasteiger partial charge in [-0.05, 0) is 19.8 Å². The van der Waals surface area contributed by atoms with Crippen LogP contribution in [0.4, 0.5) is 13.2 Å². The maximum absolute atomic E-state index is 11.7. The Morgan fingerprint density at radius 3 is 2.15 bits per heavy atom. The van der Waals surface area contributed by atoms with Crippen molar-refractivity contribution < 1.29 is 23.0 Å². The van der Waals surface area contributed by atoms with E-state index < -0.39 is 18.2 Å². The number of rotatable bonds is 5. The smallest absolute Gasteiger partial charge is 0.388 e. The van der Waals surface area contributed by atoms with E-state index in [2.05, 4.69) is 4.74 Å². The largest absolute Gasteiger partial charge is 0.389 e. The van der Waals surface area contributed by atoms with E-state index in [4.69, 9.17) is 0 Å². The molecule has 1 N–H and O–H groups in total. The predicted octanol–water partition coefficient (Wildman–Crippen LogP) is 2.12. The van der Waals surface area contributed by atoms with Gasteiger partial charge in [0.1, 0.15) is 0 Å². The topological polar surface area (TPSA) is 29.5 Å². The fraction of sp³-hybridized carbons (Fsp3) is 1.00. The summed E-state index contributed by atoms with van der Waals surface area (Å²) >= 11 is 0. The van der Waals surface area contributed by atoms with Gasteiger partial charge in [0, 0.05) is 13.5 Å². The van der Waals surface area contributed by atoms with Crippen LogP contribution >= 0.6 is 0 Å². The van der Waals surface area contributed by atoms with Crippen LogP contribution in [0.1, 0.15) is 26.2 Å². The Labute approximate surface area is 75.7 Å². The molecule has 0 aliphatic heterocycles. The lowest BCUT2D eigenvalue weighted by Crippen LogP contribution is -2.30. The molecule has 0 amide bonds. The molecule has 0 aliphatic carbocycles. The minimum absolute atomic E-state index is 0.0604. The van der Waals surface area contributed by atoms with E-state index in [-0.39, 0.29) is 19.4 Å². The molecule has 0 radical (unpaired) electrons. The van der Waals surface area contributed by atoms with Crippen molar-refractivity contribution >= 4 is 0 Å². The number of hydrogen-bond donors (Lipinski definition) is 1. The first-order chi connectivity index (χ1) is 5.77. The molecule has 0 aliphatic rings. The normalized spacial score (nSPS) is 17.1. The molecule has 2 nitrogen and oxygen atoms in total. The Kier molecular flexibility index (Phi) is 4.70. The number of alkyl halides is 3. The average Bonchev–Trinajstić information content (AvgIpc) is 1.82. The Morgan fingerprint density at radius 1 is 1.23 bits per heavy atom. The molecule has 0 fully saturated rings. The molecule has 0 aromatic carbocycles. The second-order valence-corrected chi connectivity index (χ2v) is 3.40. The summed E-state index contributed by atoms with van der Waals surface area (Å²) < 4.78 is 39.8. The molecule has 0 bridgehead atoms. The third-order valence-electron chi connectivity index (χ3n) is 1.63. The van der Waals surface area contributed by atoms with E-state index in [1.165, 1.54) is 14.0 Å². The van der Waals surface area contributed by atoms with Gasteiger partial charge < -0.3 is 9.84 Å². The summed E-state index contributed by atoms with van der Waals surface area (Å²) in [5.74, 6) is 0. The van der Waals surface area contributed by atoms with Gasteiger partial charge in [0.25, 0.3) is 0 Å². The molecular formula is C8H15F3O2. The molecule has 5 heteroatoms. The predicted molar refractivity (Wildman–Crippen MR) is 42.4 cm³/mol. The van der Waals surface area contributed by atoms with Crippen LogP contribution in [0.2, 0.25) is 0 Å². The van der Waals surface area contributed by atoms with Crippen LogP contribution in [0.3, 0.4) is 0 Å². The summed E-state index contributed by atoms with van der Waals surface area (Å²) in [5, 5.41) is 9.42. The van der Waals surface area contributed by atoms with Crippen LogP contribution in [0.5, 0.6) is 0 Å². The molecular weight excluding hydrogens is 185 g/mol. The maximum Gasteiger partial charge on any atom is 0.389 e. The Bertz CT molecular complexity index is 143. The van der Waals surface area contributed by atoms with Gasteiger partial charge >= 0.3 is 6.18 Å². The summed E-state index contributed by atoms with van der Waals surface area (Å²) in [7, 11) is 1.40. The minimum Gasteiger partial charge on any atom is -0.388 e. The highest BCUT2D eigenvalue weighted by Crippen LogP contribution is 2.24. The van der Waals surface area contributed by atoms with Crippen molar-refractivity contribution in [1.82, 2.24) is 0 Å². The van der Waals surface area contributed by atoms with Crippen LogP contribution in [0.25, 0.3) is 0 Å². The highest BCUT2D eigenvalue weighted by molar-refractivity contribution is 4.72. The second kappa shape index (κ2) is 4.81. The van der Waals surface area contributed by atoms with Crippen molar-refractivity contribution in [2.24, 2.45) is 0 Å². The average molecular weight is 200 g/mol. The second-order valence-electron chi connectivity index (χ2n) is 3.40. The van der Waals surface area contributed by atoms with E-state index in [1.54, 1.807) is 0 Å². The molecule has 1 unspecified atom stereocenters. The summed E-state index contributed by atoms with van der Waals surface area (Å²) in [4.78, 5) is 0. The zero-order valence-corrected chi connectivity index (χ0v) is 7.82. The van der Waals surface area contributed by atoms with E-state index in [0.717, 1.165) is 0 Å². The Morgan fingerprint density at radius 2 is 1.77 bits per heavy atom. The molecule has 0 rings (SSSR count). The summed E-state index contributed by atoms with van der Waals surface area (Å²) in [6, 6.07) is 0. The monoisotopic (exact) mass is 200 g/mol. The van der Waals surface area contributed by atoms with Crippen LogP contribution < -0.4 is 0 Å². The first-order valence-electron chi connectivity index (χ1n) is 4.05. The number of methoxy groups -OCH3 is 1. The van der Waals surface area contributed by atoms with E-state index in [1.807, 2.05) is 0 Å². The van der Waals surface area contributed by atoms with E-state index >= 15 is 0 Å². The summed E-state index contributed by atoms with van der Waals surface area (Å²) in [6.07, 6.45) is -4.96. The van der Waals surface area contributed by atoms with Crippen LogP contribution in [-0.2, 0) is 4.74 Å². The lowest BCUT2D eigenvalue weighted by Gasteiger charge is -2.22. The first kappa shape index (κ1) is 12.7. The van der Waals surface area contributed by atoms with Crippen molar-refractivity contribution in [1.29, 1.82) is 0 Å². The summed E-state index contributed by atoms with van der Waals surface area (Å²) in [6.45, 7) is 1.53. The van der Waals surface area contributed by atoms with Gasteiger partial charge in [0.15, 0.2) is 0 Å². The van der Waals surface area contributed by atoms with Gasteiger partial charge in [-0.1, -0.05) is 0 Å². The third kappa shape index (κ3) is 8.05. The zero-order chi connectivity index (χ0) is 10.5. The van der Waals surface area contributed by atoms with Crippen molar-refractivity contribution in [2.45, 2.75) is 38.0 Å². The molecule has 0 saturated carbocycles. The molecule has 0 aromatic rings. The minimum atomic E-state index is -4.14. The maximum atomic E-state index is 11.7. The van der Waals surface area contributed by atoms with E-state index in [0.29, 0.717) is 0 Å². The first-order valence-corrected chi connectivity index (χ1v) is 4.05. The number of aliphatic hydroxyl groups is 1. The molecule has 0 spiro atoms. The van der Waals surface area contributed by atoms with Gasteiger partial charge in [0.05, 0.1) is 12.2 Å². The van der Waals surface area contributed by atoms with Gasteiger partial charge in [-0.2, -0.15) is 13.2 Å². The van der Waals surface area contributed by atoms with Crippen molar-refractivity contribution in [3.8, 4) is 0 Å². The van der Waals surface area contributed by atoms with Crippen LogP contribution in [0.15, 0.2) is 0 Å². The van der Waals surface area contributed by atoms with Gasteiger partial charge in [-0.25, -0.2) is 0 Å². The fourth-order valence-electron chi connectivity index (χ4n) is 1.05. The SMILES string of the molecule is COCC(C)(O)CCCC(F)(F)F. The number of halogens is 3. The third-order valence-corrected chi connectivity index (χ3v) is 1.63. The van der Waals surface area contributed by atoms with Crippen molar-refractivity contribution in [2.75, 3.05) is 13.7 Å². The number of hydrogen-bond acceptors (Lipinski definition) is 2. The van der Waals surface area contributed by atoms with Gasteiger partial charge in [-0.3, -0.25) is 0 Å². The highest BCUT2D eigenvalue weighted by atomic mass is 19.4. The van der Waals surface area contributed by atoms with E-state index in [9.17, 15) is 18.3 Å². The molecule has 1 atom stereocenters. The molecule has 0 saturated heterocycles. The van der Waals surface area contributed by atoms with Crippen molar-refractivity contribution in [3.63, 3.8) is 0 Å². The van der Waals surface area contributed by atoms with Gasteiger partial charge in [0.2, 0.25) is 0 Å². The van der Waals surface area contributed by atoms with Gasteiger partial charge in [-0.15, -0.1) is 0 Å². The summed E-state index contributed by atoms with van der Waals surface area (Å²) in [5.41, 5.74) is -1.15. The fourth-order valence-corrected chi connectivity index (χ4v) is 1.05. The van der Waals surface area contributed by atoms with Crippen molar-refractivity contribution in [3.05, 3.63) is 0 Å². The Balaban J connectivity index is 3.63. The molecule has 13 heavy (non-hydrogen) atoms. The zero-order valence-electron chi connectivity index (χ0n) is 7.82. The molecule has 0 heterocycles. The number of ether oxygens (including phenoxy) is 1. The van der Waals surface area contributed by atoms with Crippen LogP contribution in [0, 0.1) is 0 Å². The molecule has 0 aromatic heterocycles.